The summed E-state index contributed by atoms with van der Waals surface area (Å²) in [6.07, 6.45) is 4.67. The van der Waals surface area contributed by atoms with Gasteiger partial charge in [0.25, 0.3) is 0 Å². The van der Waals surface area contributed by atoms with Gasteiger partial charge in [0.15, 0.2) is 11.6 Å². The number of halogens is 2. The molecular weight excluding hydrogens is 388 g/mol. The van der Waals surface area contributed by atoms with Crippen LogP contribution in [0.1, 0.15) is 42.1 Å². The van der Waals surface area contributed by atoms with E-state index in [-0.39, 0.29) is 30.7 Å². The van der Waals surface area contributed by atoms with Gasteiger partial charge in [-0.3, -0.25) is 9.48 Å². The molecule has 0 bridgehead atoms. The molecule has 2 aromatic carbocycles. The number of nitrogens with one attached hydrogen (secondary N) is 1. The zero-order valence-corrected chi connectivity index (χ0v) is 16.5. The number of carbonyl (C=O) groups excluding carboxylic acids is 1. The largest absolute Gasteiger partial charge is 0.490 e. The fourth-order valence-electron chi connectivity index (χ4n) is 3.77. The van der Waals surface area contributed by atoms with E-state index in [1.54, 1.807) is 0 Å². The third-order valence-corrected chi connectivity index (χ3v) is 5.25. The Balaban J connectivity index is 1.34. The minimum atomic E-state index is -0.779. The summed E-state index contributed by atoms with van der Waals surface area (Å²) < 4.78 is 33.8. The number of rotatable bonds is 7. The van der Waals surface area contributed by atoms with E-state index < -0.39 is 11.6 Å². The number of aromatic nitrogens is 2. The van der Waals surface area contributed by atoms with Crippen molar-refractivity contribution in [2.24, 2.45) is 0 Å². The summed E-state index contributed by atoms with van der Waals surface area (Å²) in [6, 6.07) is 13.1. The number of nitrogens with zero attached hydrogens (tertiary/aromatic N) is 2. The van der Waals surface area contributed by atoms with Gasteiger partial charge in [0, 0.05) is 17.3 Å². The van der Waals surface area contributed by atoms with Gasteiger partial charge in [0.1, 0.15) is 5.82 Å². The summed E-state index contributed by atoms with van der Waals surface area (Å²) in [5, 5.41) is 7.57. The SMILES string of the molecule is O=C(CCOc1ccc(F)cc1F)NC1CCCc2c1cnn2Cc1ccccc1. The normalized spacial score (nSPS) is 15.5. The van der Waals surface area contributed by atoms with E-state index in [2.05, 4.69) is 22.5 Å². The van der Waals surface area contributed by atoms with Crippen molar-refractivity contribution in [3.05, 3.63) is 83.2 Å². The standard InChI is InChI=1S/C23H23F2N3O2/c24-17-9-10-22(19(25)13-17)30-12-11-23(29)27-20-7-4-8-21-18(20)14-26-28(21)15-16-5-2-1-3-6-16/h1-3,5-6,9-10,13-14,20H,4,7-8,11-12,15H2,(H,27,29). The molecule has 0 spiro atoms. The van der Waals surface area contributed by atoms with Crippen molar-refractivity contribution in [3.8, 4) is 5.75 Å². The highest BCUT2D eigenvalue weighted by molar-refractivity contribution is 5.76. The Labute approximate surface area is 173 Å². The maximum absolute atomic E-state index is 13.6. The van der Waals surface area contributed by atoms with Crippen molar-refractivity contribution in [1.82, 2.24) is 15.1 Å². The van der Waals surface area contributed by atoms with E-state index in [1.807, 2.05) is 29.1 Å². The first-order valence-electron chi connectivity index (χ1n) is 10.1. The zero-order valence-electron chi connectivity index (χ0n) is 16.5. The van der Waals surface area contributed by atoms with Crippen molar-refractivity contribution < 1.29 is 18.3 Å². The van der Waals surface area contributed by atoms with Gasteiger partial charge in [-0.05, 0) is 37.0 Å². The summed E-state index contributed by atoms with van der Waals surface area (Å²) >= 11 is 0. The molecule has 1 heterocycles. The van der Waals surface area contributed by atoms with Crippen LogP contribution in [0.4, 0.5) is 8.78 Å². The van der Waals surface area contributed by atoms with Crippen LogP contribution in [0.25, 0.3) is 0 Å². The summed E-state index contributed by atoms with van der Waals surface area (Å²) in [7, 11) is 0. The van der Waals surface area contributed by atoms with Gasteiger partial charge in [-0.15, -0.1) is 0 Å². The molecule has 156 valence electrons. The molecule has 1 amide bonds. The van der Waals surface area contributed by atoms with E-state index in [0.29, 0.717) is 6.54 Å². The lowest BCUT2D eigenvalue weighted by molar-refractivity contribution is -0.122. The minimum Gasteiger partial charge on any atom is -0.490 e. The van der Waals surface area contributed by atoms with Crippen molar-refractivity contribution in [3.63, 3.8) is 0 Å². The van der Waals surface area contributed by atoms with Crippen LogP contribution < -0.4 is 10.1 Å². The first-order chi connectivity index (χ1) is 14.6. The molecule has 0 radical (unpaired) electrons. The quantitative estimate of drug-likeness (QED) is 0.635. The molecule has 3 aromatic rings. The monoisotopic (exact) mass is 411 g/mol. The van der Waals surface area contributed by atoms with E-state index in [9.17, 15) is 13.6 Å². The van der Waals surface area contributed by atoms with Gasteiger partial charge >= 0.3 is 0 Å². The average Bonchev–Trinajstić information content (AvgIpc) is 3.14. The second-order valence-corrected chi connectivity index (χ2v) is 7.38. The number of ether oxygens (including phenoxy) is 1. The van der Waals surface area contributed by atoms with Gasteiger partial charge < -0.3 is 10.1 Å². The third kappa shape index (κ3) is 4.67. The Morgan fingerprint density at radius 1 is 1.20 bits per heavy atom. The zero-order chi connectivity index (χ0) is 20.9. The molecule has 1 unspecified atom stereocenters. The lowest BCUT2D eigenvalue weighted by atomic mass is 9.92. The number of hydrogen-bond acceptors (Lipinski definition) is 3. The summed E-state index contributed by atoms with van der Waals surface area (Å²) in [5.41, 5.74) is 3.38. The highest BCUT2D eigenvalue weighted by atomic mass is 19.1. The van der Waals surface area contributed by atoms with Crippen LogP contribution in [0.3, 0.4) is 0 Å². The first kappa shape index (κ1) is 20.1. The Bertz CT molecular complexity index is 1020. The Kier molecular flexibility index (Phi) is 6.07. The fourth-order valence-corrected chi connectivity index (χ4v) is 3.77. The molecule has 0 saturated heterocycles. The van der Waals surface area contributed by atoms with Gasteiger partial charge in [0.2, 0.25) is 5.91 Å². The molecule has 30 heavy (non-hydrogen) atoms. The van der Waals surface area contributed by atoms with Crippen LogP contribution >= 0.6 is 0 Å². The Morgan fingerprint density at radius 3 is 2.83 bits per heavy atom. The highest BCUT2D eigenvalue weighted by Crippen LogP contribution is 2.30. The number of amides is 1. The van der Waals surface area contributed by atoms with Crippen molar-refractivity contribution in [2.75, 3.05) is 6.61 Å². The van der Waals surface area contributed by atoms with Crippen LogP contribution in [0.5, 0.6) is 5.75 Å². The predicted octanol–water partition coefficient (Wildman–Crippen LogP) is 4.17. The van der Waals surface area contributed by atoms with Crippen LogP contribution in [0, 0.1) is 11.6 Å². The van der Waals surface area contributed by atoms with Gasteiger partial charge in [0.05, 0.1) is 31.8 Å². The maximum Gasteiger partial charge on any atom is 0.223 e. The number of fused-ring (bicyclic) bond motifs is 1. The van der Waals surface area contributed by atoms with Crippen LogP contribution in [0.2, 0.25) is 0 Å². The smallest absolute Gasteiger partial charge is 0.223 e. The van der Waals surface area contributed by atoms with Gasteiger partial charge in [-0.1, -0.05) is 30.3 Å². The molecule has 0 fully saturated rings. The highest BCUT2D eigenvalue weighted by Gasteiger charge is 2.25. The van der Waals surface area contributed by atoms with Crippen molar-refractivity contribution in [1.29, 1.82) is 0 Å². The minimum absolute atomic E-state index is 0.0151. The Morgan fingerprint density at radius 2 is 2.03 bits per heavy atom. The van der Waals surface area contributed by atoms with E-state index >= 15 is 0 Å². The predicted molar refractivity (Wildman–Crippen MR) is 108 cm³/mol. The molecule has 0 saturated carbocycles. The Hall–Kier alpha value is -3.22. The van der Waals surface area contributed by atoms with E-state index in [4.69, 9.17) is 4.74 Å². The molecule has 1 aliphatic carbocycles. The second kappa shape index (κ2) is 9.07. The van der Waals surface area contributed by atoms with E-state index in [1.165, 1.54) is 11.6 Å². The molecule has 7 heteroatoms. The summed E-state index contributed by atoms with van der Waals surface area (Å²) in [4.78, 5) is 12.4. The maximum atomic E-state index is 13.6. The van der Waals surface area contributed by atoms with Gasteiger partial charge in [-0.25, -0.2) is 8.78 Å². The second-order valence-electron chi connectivity index (χ2n) is 7.38. The fraction of sp³-hybridized carbons (Fsp3) is 0.304. The van der Waals surface area contributed by atoms with Gasteiger partial charge in [-0.2, -0.15) is 5.10 Å². The third-order valence-electron chi connectivity index (χ3n) is 5.25. The van der Waals surface area contributed by atoms with Crippen LogP contribution in [-0.2, 0) is 17.8 Å². The topological polar surface area (TPSA) is 56.1 Å². The molecular formula is C23H23F2N3O2. The number of carbonyl (C=O) groups is 1. The molecule has 1 N–H and O–H groups in total. The molecule has 4 rings (SSSR count). The summed E-state index contributed by atoms with van der Waals surface area (Å²) in [5.74, 6) is -1.69. The number of hydrogen-bond donors (Lipinski definition) is 1. The van der Waals surface area contributed by atoms with Crippen LogP contribution in [0.15, 0.2) is 54.7 Å². The van der Waals surface area contributed by atoms with Crippen molar-refractivity contribution >= 4 is 5.91 Å². The molecule has 1 aliphatic rings. The van der Waals surface area contributed by atoms with Crippen LogP contribution in [-0.4, -0.2) is 22.3 Å². The first-order valence-corrected chi connectivity index (χ1v) is 10.1. The molecule has 5 nitrogen and oxygen atoms in total. The summed E-state index contributed by atoms with van der Waals surface area (Å²) in [6.45, 7) is 0.717. The lowest BCUT2D eigenvalue weighted by Gasteiger charge is -2.24. The molecule has 1 atom stereocenters. The van der Waals surface area contributed by atoms with Crippen molar-refractivity contribution in [2.45, 2.75) is 38.3 Å². The van der Waals surface area contributed by atoms with E-state index in [0.717, 1.165) is 42.7 Å². The molecule has 0 aliphatic heterocycles. The lowest BCUT2D eigenvalue weighted by Crippen LogP contribution is -2.31. The molecule has 1 aromatic heterocycles. The average molecular weight is 411 g/mol. The number of benzene rings is 2.